The predicted molar refractivity (Wildman–Crippen MR) is 74.1 cm³/mol. The standard InChI is InChI=1S/C15H17N3O2/c1-15(2,3)13(14(19)20-4)18-7-5-6-12(18)8-11(9-16)10-17/h5-8,13H,1-4H3. The molecule has 0 aliphatic rings. The van der Waals surface area contributed by atoms with Gasteiger partial charge in [-0.2, -0.15) is 10.5 Å². The normalized spacial score (nSPS) is 11.9. The maximum absolute atomic E-state index is 12.0. The largest absolute Gasteiger partial charge is 0.467 e. The van der Waals surface area contributed by atoms with E-state index in [1.54, 1.807) is 22.9 Å². The fourth-order valence-electron chi connectivity index (χ4n) is 2.00. The predicted octanol–water partition coefficient (Wildman–Crippen LogP) is 2.68. The van der Waals surface area contributed by atoms with E-state index in [1.807, 2.05) is 32.9 Å². The summed E-state index contributed by atoms with van der Waals surface area (Å²) in [5, 5.41) is 17.7. The van der Waals surface area contributed by atoms with Crippen molar-refractivity contribution in [1.82, 2.24) is 4.57 Å². The van der Waals surface area contributed by atoms with Crippen molar-refractivity contribution in [3.05, 3.63) is 29.6 Å². The van der Waals surface area contributed by atoms with Crippen molar-refractivity contribution in [3.63, 3.8) is 0 Å². The number of hydrogen-bond donors (Lipinski definition) is 0. The molecule has 1 heterocycles. The molecule has 0 aliphatic heterocycles. The summed E-state index contributed by atoms with van der Waals surface area (Å²) in [6.07, 6.45) is 3.20. The summed E-state index contributed by atoms with van der Waals surface area (Å²) in [5.74, 6) is -0.362. The smallest absolute Gasteiger partial charge is 0.329 e. The van der Waals surface area contributed by atoms with Crippen molar-refractivity contribution in [2.45, 2.75) is 26.8 Å². The molecule has 0 saturated carbocycles. The maximum Gasteiger partial charge on any atom is 0.329 e. The minimum absolute atomic E-state index is 0.0116. The molecular formula is C15H17N3O2. The number of methoxy groups -OCH3 is 1. The van der Waals surface area contributed by atoms with Gasteiger partial charge in [-0.15, -0.1) is 0 Å². The van der Waals surface area contributed by atoms with E-state index in [0.29, 0.717) is 5.69 Å². The molecule has 104 valence electrons. The Hall–Kier alpha value is -2.53. The maximum atomic E-state index is 12.0. The van der Waals surface area contributed by atoms with E-state index in [0.717, 1.165) is 0 Å². The van der Waals surface area contributed by atoms with Crippen molar-refractivity contribution in [3.8, 4) is 12.1 Å². The van der Waals surface area contributed by atoms with E-state index in [1.165, 1.54) is 13.2 Å². The first kappa shape index (κ1) is 15.5. The van der Waals surface area contributed by atoms with Gasteiger partial charge in [-0.3, -0.25) is 0 Å². The third-order valence-corrected chi connectivity index (χ3v) is 2.87. The van der Waals surface area contributed by atoms with Crippen LogP contribution in [0.25, 0.3) is 6.08 Å². The lowest BCUT2D eigenvalue weighted by atomic mass is 9.86. The molecule has 1 aromatic rings. The Morgan fingerprint density at radius 2 is 2.00 bits per heavy atom. The molecule has 0 N–H and O–H groups in total. The van der Waals surface area contributed by atoms with Crippen LogP contribution in [0.5, 0.6) is 0 Å². The van der Waals surface area contributed by atoms with E-state index in [4.69, 9.17) is 15.3 Å². The Balaban J connectivity index is 3.36. The fourth-order valence-corrected chi connectivity index (χ4v) is 2.00. The topological polar surface area (TPSA) is 78.8 Å². The average molecular weight is 271 g/mol. The van der Waals surface area contributed by atoms with E-state index >= 15 is 0 Å². The lowest BCUT2D eigenvalue weighted by Gasteiger charge is -2.30. The van der Waals surface area contributed by atoms with Crippen LogP contribution in [0, 0.1) is 28.1 Å². The summed E-state index contributed by atoms with van der Waals surface area (Å²) >= 11 is 0. The Bertz CT molecular complexity index is 590. The van der Waals surface area contributed by atoms with Crippen LogP contribution in [0.15, 0.2) is 23.9 Å². The number of nitriles is 2. The van der Waals surface area contributed by atoms with Crippen LogP contribution in [-0.2, 0) is 9.53 Å². The van der Waals surface area contributed by atoms with Crippen molar-refractivity contribution in [2.24, 2.45) is 5.41 Å². The Kier molecular flexibility index (Phi) is 4.72. The van der Waals surface area contributed by atoms with Gasteiger partial charge in [0.15, 0.2) is 0 Å². The minimum Gasteiger partial charge on any atom is -0.467 e. The zero-order valence-electron chi connectivity index (χ0n) is 12.0. The summed E-state index contributed by atoms with van der Waals surface area (Å²) in [5.41, 5.74) is 0.240. The molecule has 0 amide bonds. The Labute approximate surface area is 118 Å². The third kappa shape index (κ3) is 3.27. The first-order chi connectivity index (χ1) is 9.35. The summed E-state index contributed by atoms with van der Waals surface area (Å²) < 4.78 is 6.59. The van der Waals surface area contributed by atoms with Gasteiger partial charge in [0.25, 0.3) is 0 Å². The third-order valence-electron chi connectivity index (χ3n) is 2.87. The monoisotopic (exact) mass is 271 g/mol. The van der Waals surface area contributed by atoms with Gasteiger partial charge in [0, 0.05) is 11.9 Å². The van der Waals surface area contributed by atoms with Crippen LogP contribution < -0.4 is 0 Å². The number of nitrogens with zero attached hydrogens (tertiary/aromatic N) is 3. The first-order valence-electron chi connectivity index (χ1n) is 6.11. The molecule has 0 fully saturated rings. The molecule has 1 atom stereocenters. The van der Waals surface area contributed by atoms with E-state index < -0.39 is 6.04 Å². The second-order valence-electron chi connectivity index (χ2n) is 5.41. The molecule has 0 spiro atoms. The van der Waals surface area contributed by atoms with Gasteiger partial charge in [0.2, 0.25) is 0 Å². The van der Waals surface area contributed by atoms with Gasteiger partial charge in [-0.1, -0.05) is 20.8 Å². The minimum atomic E-state index is -0.535. The number of esters is 1. The molecule has 0 saturated heterocycles. The molecule has 0 aromatic carbocycles. The summed E-state index contributed by atoms with van der Waals surface area (Å²) in [7, 11) is 1.34. The number of hydrogen-bond acceptors (Lipinski definition) is 4. The van der Waals surface area contributed by atoms with Gasteiger partial charge in [0.05, 0.1) is 7.11 Å². The van der Waals surface area contributed by atoms with Crippen molar-refractivity contribution < 1.29 is 9.53 Å². The summed E-state index contributed by atoms with van der Waals surface area (Å²) in [6, 6.07) is 6.59. The van der Waals surface area contributed by atoms with Gasteiger partial charge < -0.3 is 9.30 Å². The van der Waals surface area contributed by atoms with Crippen LogP contribution in [0.4, 0.5) is 0 Å². The molecular weight excluding hydrogens is 254 g/mol. The highest BCUT2D eigenvalue weighted by molar-refractivity contribution is 5.76. The summed E-state index contributed by atoms with van der Waals surface area (Å²) in [6.45, 7) is 5.78. The van der Waals surface area contributed by atoms with E-state index in [-0.39, 0.29) is 17.0 Å². The highest BCUT2D eigenvalue weighted by Gasteiger charge is 2.34. The van der Waals surface area contributed by atoms with Crippen LogP contribution in [0.3, 0.4) is 0 Å². The number of rotatable bonds is 3. The SMILES string of the molecule is COC(=O)C(n1cccc1C=C(C#N)C#N)C(C)(C)C. The van der Waals surface area contributed by atoms with Crippen LogP contribution in [0.1, 0.15) is 32.5 Å². The quantitative estimate of drug-likeness (QED) is 0.625. The molecule has 5 nitrogen and oxygen atoms in total. The van der Waals surface area contributed by atoms with Crippen LogP contribution >= 0.6 is 0 Å². The van der Waals surface area contributed by atoms with Gasteiger partial charge in [-0.25, -0.2) is 4.79 Å². The zero-order chi connectivity index (χ0) is 15.3. The Morgan fingerprint density at radius 3 is 2.45 bits per heavy atom. The molecule has 20 heavy (non-hydrogen) atoms. The lowest BCUT2D eigenvalue weighted by molar-refractivity contribution is -0.148. The zero-order valence-corrected chi connectivity index (χ0v) is 12.0. The fraction of sp³-hybridized carbons (Fsp3) is 0.400. The average Bonchev–Trinajstić information content (AvgIpc) is 2.82. The van der Waals surface area contributed by atoms with Gasteiger partial charge in [-0.05, 0) is 23.6 Å². The number of aromatic nitrogens is 1. The highest BCUT2D eigenvalue weighted by Crippen LogP contribution is 2.33. The Morgan fingerprint density at radius 1 is 1.40 bits per heavy atom. The van der Waals surface area contributed by atoms with Crippen molar-refractivity contribution >= 4 is 12.0 Å². The molecule has 0 aliphatic carbocycles. The number of carbonyl (C=O) groups excluding carboxylic acids is 1. The molecule has 1 aromatic heterocycles. The van der Waals surface area contributed by atoms with Crippen LogP contribution in [-0.4, -0.2) is 17.6 Å². The second-order valence-corrected chi connectivity index (χ2v) is 5.41. The molecule has 0 radical (unpaired) electrons. The molecule has 0 bridgehead atoms. The van der Waals surface area contributed by atoms with Crippen molar-refractivity contribution in [1.29, 1.82) is 10.5 Å². The van der Waals surface area contributed by atoms with Crippen molar-refractivity contribution in [2.75, 3.05) is 7.11 Å². The van der Waals surface area contributed by atoms with E-state index in [2.05, 4.69) is 0 Å². The number of ether oxygens (including phenoxy) is 1. The lowest BCUT2D eigenvalue weighted by Crippen LogP contribution is -2.32. The van der Waals surface area contributed by atoms with Gasteiger partial charge >= 0.3 is 5.97 Å². The highest BCUT2D eigenvalue weighted by atomic mass is 16.5. The second kappa shape index (κ2) is 6.08. The molecule has 5 heteroatoms. The first-order valence-corrected chi connectivity index (χ1v) is 6.11. The van der Waals surface area contributed by atoms with E-state index in [9.17, 15) is 4.79 Å². The summed E-state index contributed by atoms with van der Waals surface area (Å²) in [4.78, 5) is 12.0. The molecule has 1 rings (SSSR count). The van der Waals surface area contributed by atoms with Crippen LogP contribution in [0.2, 0.25) is 0 Å². The molecule has 1 unspecified atom stereocenters. The number of carbonyl (C=O) groups is 1. The number of allylic oxidation sites excluding steroid dienone is 1. The van der Waals surface area contributed by atoms with Gasteiger partial charge in [0.1, 0.15) is 23.8 Å².